The number of nitrogens with two attached hydrogens (primary N) is 1. The Morgan fingerprint density at radius 3 is 2.95 bits per heavy atom. The number of aryl methyl sites for hydroxylation is 1. The molecular formula is C15H13N3O2S. The van der Waals surface area contributed by atoms with Gasteiger partial charge >= 0.3 is 0 Å². The summed E-state index contributed by atoms with van der Waals surface area (Å²) in [5.41, 5.74) is 8.92. The number of anilines is 2. The number of hydrogen-bond donors (Lipinski definition) is 2. The van der Waals surface area contributed by atoms with Crippen LogP contribution < -0.4 is 11.1 Å². The van der Waals surface area contributed by atoms with Crippen LogP contribution >= 0.6 is 11.3 Å². The highest BCUT2D eigenvalue weighted by molar-refractivity contribution is 7.14. The second-order valence-corrected chi connectivity index (χ2v) is 5.41. The molecule has 0 fully saturated rings. The van der Waals surface area contributed by atoms with E-state index in [4.69, 9.17) is 10.2 Å². The largest absolute Gasteiger partial charge is 0.459 e. The van der Waals surface area contributed by atoms with Crippen LogP contribution in [0.25, 0.3) is 11.3 Å². The van der Waals surface area contributed by atoms with Crippen molar-refractivity contribution in [1.82, 2.24) is 4.98 Å². The first kappa shape index (κ1) is 13.4. The van der Waals surface area contributed by atoms with E-state index >= 15 is 0 Å². The number of furan rings is 1. The molecule has 0 aliphatic rings. The lowest BCUT2D eigenvalue weighted by Gasteiger charge is -2.00. The summed E-state index contributed by atoms with van der Waals surface area (Å²) in [5.74, 6) is 0.00156. The van der Waals surface area contributed by atoms with Gasteiger partial charge in [-0.25, -0.2) is 4.98 Å². The molecule has 3 rings (SSSR count). The smallest absolute Gasteiger partial charge is 0.293 e. The first-order valence-electron chi connectivity index (χ1n) is 6.30. The van der Waals surface area contributed by atoms with Gasteiger partial charge in [-0.05, 0) is 25.1 Å². The molecule has 3 aromatic rings. The van der Waals surface area contributed by atoms with Crippen molar-refractivity contribution in [2.24, 2.45) is 0 Å². The fourth-order valence-electron chi connectivity index (χ4n) is 1.92. The lowest BCUT2D eigenvalue weighted by Crippen LogP contribution is -2.11. The number of benzene rings is 1. The van der Waals surface area contributed by atoms with Gasteiger partial charge in [0.15, 0.2) is 10.9 Å². The molecule has 21 heavy (non-hydrogen) atoms. The summed E-state index contributed by atoms with van der Waals surface area (Å²) in [6, 6.07) is 9.20. The molecule has 0 unspecified atom stereocenters. The van der Waals surface area contributed by atoms with Gasteiger partial charge in [-0.1, -0.05) is 12.1 Å². The summed E-state index contributed by atoms with van der Waals surface area (Å²) in [5, 5.41) is 5.13. The second kappa shape index (κ2) is 5.41. The normalized spacial score (nSPS) is 10.5. The highest BCUT2D eigenvalue weighted by Gasteiger charge is 2.14. The Labute approximate surface area is 125 Å². The van der Waals surface area contributed by atoms with Crippen LogP contribution in [-0.4, -0.2) is 10.9 Å². The molecule has 5 nitrogen and oxygen atoms in total. The van der Waals surface area contributed by atoms with Crippen molar-refractivity contribution in [3.05, 3.63) is 53.3 Å². The van der Waals surface area contributed by atoms with E-state index in [1.165, 1.54) is 17.6 Å². The zero-order valence-electron chi connectivity index (χ0n) is 11.3. The molecule has 0 spiro atoms. The van der Waals surface area contributed by atoms with Crippen molar-refractivity contribution in [3.63, 3.8) is 0 Å². The van der Waals surface area contributed by atoms with Crippen molar-refractivity contribution >= 4 is 28.1 Å². The van der Waals surface area contributed by atoms with Crippen LogP contribution in [0.2, 0.25) is 0 Å². The Morgan fingerprint density at radius 2 is 2.24 bits per heavy atom. The van der Waals surface area contributed by atoms with E-state index in [1.807, 2.05) is 36.6 Å². The third-order valence-corrected chi connectivity index (χ3v) is 3.73. The van der Waals surface area contributed by atoms with Crippen LogP contribution in [0.15, 0.2) is 46.4 Å². The van der Waals surface area contributed by atoms with Gasteiger partial charge in [-0.2, -0.15) is 0 Å². The predicted octanol–water partition coefficient (Wildman–Crippen LogP) is 3.55. The van der Waals surface area contributed by atoms with E-state index < -0.39 is 0 Å². The van der Waals surface area contributed by atoms with Gasteiger partial charge in [0.2, 0.25) is 0 Å². The summed E-state index contributed by atoms with van der Waals surface area (Å²) >= 11 is 1.36. The molecule has 0 atom stereocenters. The van der Waals surface area contributed by atoms with Gasteiger partial charge in [-0.3, -0.25) is 10.1 Å². The maximum Gasteiger partial charge on any atom is 0.293 e. The van der Waals surface area contributed by atoms with Gasteiger partial charge in [0.25, 0.3) is 5.91 Å². The van der Waals surface area contributed by atoms with Crippen LogP contribution in [0, 0.1) is 6.92 Å². The van der Waals surface area contributed by atoms with Gasteiger partial charge in [0.05, 0.1) is 12.0 Å². The van der Waals surface area contributed by atoms with Crippen LogP contribution in [0.1, 0.15) is 16.1 Å². The van der Waals surface area contributed by atoms with Crippen molar-refractivity contribution in [2.45, 2.75) is 6.92 Å². The number of carbonyl (C=O) groups is 1. The second-order valence-electron chi connectivity index (χ2n) is 4.55. The number of nitrogens with one attached hydrogen (secondary N) is 1. The number of aromatic nitrogens is 1. The van der Waals surface area contributed by atoms with Crippen LogP contribution in [0.3, 0.4) is 0 Å². The molecule has 0 aliphatic heterocycles. The van der Waals surface area contributed by atoms with Crippen molar-refractivity contribution in [1.29, 1.82) is 0 Å². The van der Waals surface area contributed by atoms with Gasteiger partial charge in [0, 0.05) is 22.2 Å². The minimum Gasteiger partial charge on any atom is -0.459 e. The van der Waals surface area contributed by atoms with Crippen molar-refractivity contribution in [3.8, 4) is 11.3 Å². The Hall–Kier alpha value is -2.60. The molecule has 3 N–H and O–H groups in total. The quantitative estimate of drug-likeness (QED) is 0.725. The Kier molecular flexibility index (Phi) is 3.45. The third-order valence-electron chi connectivity index (χ3n) is 2.98. The molecule has 1 aromatic carbocycles. The Bertz CT molecular complexity index is 792. The molecule has 2 heterocycles. The maximum atomic E-state index is 12.0. The lowest BCUT2D eigenvalue weighted by atomic mass is 10.1. The van der Waals surface area contributed by atoms with E-state index in [0.29, 0.717) is 16.6 Å². The first-order chi connectivity index (χ1) is 10.1. The lowest BCUT2D eigenvalue weighted by molar-refractivity contribution is 0.0996. The monoisotopic (exact) mass is 299 g/mol. The Balaban J connectivity index is 1.80. The molecule has 6 heteroatoms. The van der Waals surface area contributed by atoms with Gasteiger partial charge < -0.3 is 10.2 Å². The summed E-state index contributed by atoms with van der Waals surface area (Å²) in [6.45, 7) is 1.82. The maximum absolute atomic E-state index is 12.0. The van der Waals surface area contributed by atoms with E-state index in [0.717, 1.165) is 16.8 Å². The summed E-state index contributed by atoms with van der Waals surface area (Å²) < 4.78 is 5.15. The minimum absolute atomic E-state index is 0.300. The fraction of sp³-hybridized carbons (Fsp3) is 0.0667. The van der Waals surface area contributed by atoms with Crippen molar-refractivity contribution < 1.29 is 9.21 Å². The summed E-state index contributed by atoms with van der Waals surface area (Å²) in [4.78, 5) is 16.4. The zero-order valence-corrected chi connectivity index (χ0v) is 12.1. The average Bonchev–Trinajstić information content (AvgIpc) is 3.08. The van der Waals surface area contributed by atoms with E-state index in [-0.39, 0.29) is 5.91 Å². The molecule has 0 aliphatic carbocycles. The molecule has 0 saturated carbocycles. The Morgan fingerprint density at radius 1 is 1.38 bits per heavy atom. The topological polar surface area (TPSA) is 81.2 Å². The average molecular weight is 299 g/mol. The highest BCUT2D eigenvalue weighted by atomic mass is 32.1. The number of amides is 1. The summed E-state index contributed by atoms with van der Waals surface area (Å²) in [6.07, 6.45) is 1.49. The molecule has 0 bridgehead atoms. The van der Waals surface area contributed by atoms with Gasteiger partial charge in [-0.15, -0.1) is 11.3 Å². The molecule has 106 valence electrons. The summed E-state index contributed by atoms with van der Waals surface area (Å²) in [7, 11) is 0. The number of hydrogen-bond acceptors (Lipinski definition) is 5. The standard InChI is InChI=1S/C15H13N3O2S/c1-9-5-6-20-13(9)14(19)18-15-17-12(8-21-15)10-3-2-4-11(16)7-10/h2-8H,16H2,1H3,(H,17,18,19). The number of thiazole rings is 1. The molecule has 1 amide bonds. The predicted molar refractivity (Wildman–Crippen MR) is 83.4 cm³/mol. The number of carbonyl (C=O) groups excluding carboxylic acids is 1. The van der Waals surface area contributed by atoms with Crippen molar-refractivity contribution in [2.75, 3.05) is 11.1 Å². The number of nitrogen functional groups attached to an aromatic ring is 1. The van der Waals surface area contributed by atoms with Crippen LogP contribution in [0.5, 0.6) is 0 Å². The number of nitrogens with zero attached hydrogens (tertiary/aromatic N) is 1. The zero-order chi connectivity index (χ0) is 14.8. The first-order valence-corrected chi connectivity index (χ1v) is 7.18. The van der Waals surface area contributed by atoms with Crippen LogP contribution in [-0.2, 0) is 0 Å². The van der Waals surface area contributed by atoms with Gasteiger partial charge in [0.1, 0.15) is 0 Å². The SMILES string of the molecule is Cc1ccoc1C(=O)Nc1nc(-c2cccc(N)c2)cs1. The van der Waals surface area contributed by atoms with E-state index in [9.17, 15) is 4.79 Å². The number of rotatable bonds is 3. The van der Waals surface area contributed by atoms with Crippen LogP contribution in [0.4, 0.5) is 10.8 Å². The molecular weight excluding hydrogens is 286 g/mol. The minimum atomic E-state index is -0.300. The molecule has 0 saturated heterocycles. The fourth-order valence-corrected chi connectivity index (χ4v) is 2.64. The van der Waals surface area contributed by atoms with E-state index in [2.05, 4.69) is 10.3 Å². The highest BCUT2D eigenvalue weighted by Crippen LogP contribution is 2.26. The third kappa shape index (κ3) is 2.80. The van der Waals surface area contributed by atoms with E-state index in [1.54, 1.807) is 6.07 Å². The molecule has 2 aromatic heterocycles. The molecule has 0 radical (unpaired) electrons.